The van der Waals surface area contributed by atoms with Crippen molar-refractivity contribution in [1.82, 2.24) is 5.32 Å². The van der Waals surface area contributed by atoms with Crippen molar-refractivity contribution in [3.63, 3.8) is 0 Å². The molecule has 0 saturated carbocycles. The van der Waals surface area contributed by atoms with Gasteiger partial charge in [-0.1, -0.05) is 19.8 Å². The molecule has 1 amide bonds. The van der Waals surface area contributed by atoms with Crippen LogP contribution in [0.2, 0.25) is 0 Å². The maximum Gasteiger partial charge on any atom is 0.408 e. The number of carbonyl (C=O) groups is 2. The van der Waals surface area contributed by atoms with Crippen molar-refractivity contribution in [2.45, 2.75) is 26.3 Å². The van der Waals surface area contributed by atoms with E-state index in [-0.39, 0.29) is 12.5 Å². The van der Waals surface area contributed by atoms with Crippen molar-refractivity contribution in [1.29, 1.82) is 0 Å². The third kappa shape index (κ3) is 6.38. The van der Waals surface area contributed by atoms with E-state index >= 15 is 0 Å². The summed E-state index contributed by atoms with van der Waals surface area (Å²) in [5.41, 5.74) is 0. The maximum atomic E-state index is 11.0. The summed E-state index contributed by atoms with van der Waals surface area (Å²) in [5, 5.41) is 11.0. The summed E-state index contributed by atoms with van der Waals surface area (Å²) >= 11 is 0. The van der Waals surface area contributed by atoms with Gasteiger partial charge < -0.3 is 15.2 Å². The number of ether oxygens (including phenoxy) is 1. The highest BCUT2D eigenvalue weighted by atomic mass is 16.5. The molecule has 5 heteroatoms. The van der Waals surface area contributed by atoms with Crippen LogP contribution in [0.15, 0.2) is 0 Å². The first-order valence-corrected chi connectivity index (χ1v) is 4.57. The molecule has 0 spiro atoms. The van der Waals surface area contributed by atoms with E-state index in [2.05, 4.69) is 16.0 Å². The van der Waals surface area contributed by atoms with Gasteiger partial charge in [0, 0.05) is 0 Å². The average molecular weight is 213 g/mol. The van der Waals surface area contributed by atoms with Crippen LogP contribution in [0.5, 0.6) is 0 Å². The van der Waals surface area contributed by atoms with Crippen LogP contribution in [0.3, 0.4) is 0 Å². The van der Waals surface area contributed by atoms with E-state index in [1.54, 1.807) is 0 Å². The Morgan fingerprint density at radius 2 is 2.13 bits per heavy atom. The Kier molecular flexibility index (Phi) is 5.95. The van der Waals surface area contributed by atoms with Gasteiger partial charge >= 0.3 is 12.1 Å². The summed E-state index contributed by atoms with van der Waals surface area (Å²) in [6, 6.07) is -0.935. The van der Waals surface area contributed by atoms with Crippen molar-refractivity contribution < 1.29 is 19.4 Å². The molecule has 0 aromatic rings. The summed E-state index contributed by atoms with van der Waals surface area (Å²) in [6.07, 6.45) is 4.42. The minimum Gasteiger partial charge on any atom is -0.480 e. The smallest absolute Gasteiger partial charge is 0.408 e. The van der Waals surface area contributed by atoms with Gasteiger partial charge in [-0.3, -0.25) is 0 Å². The summed E-state index contributed by atoms with van der Waals surface area (Å²) < 4.78 is 4.50. The van der Waals surface area contributed by atoms with Gasteiger partial charge in [-0.05, 0) is 12.3 Å². The maximum absolute atomic E-state index is 11.0. The zero-order valence-corrected chi connectivity index (χ0v) is 8.82. The lowest BCUT2D eigenvalue weighted by atomic mass is 10.0. The second-order valence-corrected chi connectivity index (χ2v) is 3.44. The van der Waals surface area contributed by atoms with Gasteiger partial charge in [-0.2, -0.15) is 0 Å². The second-order valence-electron chi connectivity index (χ2n) is 3.44. The molecule has 84 valence electrons. The van der Waals surface area contributed by atoms with E-state index in [1.165, 1.54) is 0 Å². The number of hydrogen-bond acceptors (Lipinski definition) is 3. The van der Waals surface area contributed by atoms with Crippen LogP contribution in [-0.4, -0.2) is 29.8 Å². The second kappa shape index (κ2) is 6.71. The first-order chi connectivity index (χ1) is 6.97. The first-order valence-electron chi connectivity index (χ1n) is 4.57. The molecule has 0 heterocycles. The van der Waals surface area contributed by atoms with E-state index < -0.39 is 18.1 Å². The number of hydrogen-bond donors (Lipinski definition) is 2. The van der Waals surface area contributed by atoms with Crippen molar-refractivity contribution >= 4 is 12.1 Å². The quantitative estimate of drug-likeness (QED) is 0.664. The third-order valence-corrected chi connectivity index (χ3v) is 1.58. The molecule has 0 radical (unpaired) electrons. The van der Waals surface area contributed by atoms with E-state index in [0.717, 1.165) is 0 Å². The van der Waals surface area contributed by atoms with Gasteiger partial charge in [-0.15, -0.1) is 6.42 Å². The number of carbonyl (C=O) groups excluding carboxylic acids is 1. The predicted octanol–water partition coefficient (Wildman–Crippen LogP) is 0.845. The van der Waals surface area contributed by atoms with E-state index in [4.69, 9.17) is 11.5 Å². The monoisotopic (exact) mass is 213 g/mol. The molecule has 0 aromatic carbocycles. The summed E-state index contributed by atoms with van der Waals surface area (Å²) in [7, 11) is 0. The molecule has 15 heavy (non-hydrogen) atoms. The predicted molar refractivity (Wildman–Crippen MR) is 54.2 cm³/mol. The Balaban J connectivity index is 4.12. The Bertz CT molecular complexity index is 267. The Morgan fingerprint density at radius 1 is 1.53 bits per heavy atom. The SMILES string of the molecule is C#CCOC(=O)N[C@@H](CC(C)C)C(=O)O. The van der Waals surface area contributed by atoms with Gasteiger partial charge in [0.05, 0.1) is 0 Å². The summed E-state index contributed by atoms with van der Waals surface area (Å²) in [5.74, 6) is 1.20. The van der Waals surface area contributed by atoms with Crippen LogP contribution in [0.4, 0.5) is 4.79 Å². The van der Waals surface area contributed by atoms with Gasteiger partial charge in [0.1, 0.15) is 6.04 Å². The fourth-order valence-electron chi connectivity index (χ4n) is 0.984. The number of carboxylic acid groups (broad SMARTS) is 1. The molecule has 0 aliphatic carbocycles. The van der Waals surface area contributed by atoms with Gasteiger partial charge in [0.15, 0.2) is 6.61 Å². The zero-order valence-electron chi connectivity index (χ0n) is 8.82. The normalized spacial score (nSPS) is 11.6. The van der Waals surface area contributed by atoms with Crippen molar-refractivity contribution in [2.24, 2.45) is 5.92 Å². The molecule has 5 nitrogen and oxygen atoms in total. The number of carboxylic acids is 1. The number of aliphatic carboxylic acids is 1. The highest BCUT2D eigenvalue weighted by molar-refractivity contribution is 5.79. The van der Waals surface area contributed by atoms with Crippen LogP contribution in [0.25, 0.3) is 0 Å². The number of nitrogens with one attached hydrogen (secondary N) is 1. The first kappa shape index (κ1) is 13.3. The van der Waals surface area contributed by atoms with Crippen molar-refractivity contribution in [2.75, 3.05) is 6.61 Å². The third-order valence-electron chi connectivity index (χ3n) is 1.58. The molecule has 0 unspecified atom stereocenters. The molecular weight excluding hydrogens is 198 g/mol. The standard InChI is InChI=1S/C10H15NO4/c1-4-5-15-10(14)11-8(9(12)13)6-7(2)3/h1,7-8H,5-6H2,2-3H3,(H,11,14)(H,12,13)/t8-/m0/s1. The fraction of sp³-hybridized carbons (Fsp3) is 0.600. The highest BCUT2D eigenvalue weighted by Gasteiger charge is 2.21. The van der Waals surface area contributed by atoms with Gasteiger partial charge in [0.2, 0.25) is 0 Å². The number of terminal acetylenes is 1. The van der Waals surface area contributed by atoms with Gasteiger partial charge in [0.25, 0.3) is 0 Å². The van der Waals surface area contributed by atoms with E-state index in [9.17, 15) is 9.59 Å². The molecular formula is C10H15NO4. The Morgan fingerprint density at radius 3 is 2.53 bits per heavy atom. The lowest BCUT2D eigenvalue weighted by Gasteiger charge is -2.15. The summed E-state index contributed by atoms with van der Waals surface area (Å²) in [6.45, 7) is 3.56. The summed E-state index contributed by atoms with van der Waals surface area (Å²) in [4.78, 5) is 21.7. The molecule has 0 rings (SSSR count). The molecule has 0 aliphatic heterocycles. The molecule has 0 aromatic heterocycles. The highest BCUT2D eigenvalue weighted by Crippen LogP contribution is 2.04. The van der Waals surface area contributed by atoms with Crippen molar-refractivity contribution in [3.05, 3.63) is 0 Å². The molecule has 2 N–H and O–H groups in total. The minimum absolute atomic E-state index is 0.166. The Labute approximate surface area is 88.8 Å². The average Bonchev–Trinajstić information content (AvgIpc) is 2.12. The number of rotatable bonds is 5. The van der Waals surface area contributed by atoms with Crippen LogP contribution in [0.1, 0.15) is 20.3 Å². The molecule has 0 fully saturated rings. The minimum atomic E-state index is -1.08. The lowest BCUT2D eigenvalue weighted by Crippen LogP contribution is -2.41. The van der Waals surface area contributed by atoms with Crippen LogP contribution >= 0.6 is 0 Å². The molecule has 1 atom stereocenters. The van der Waals surface area contributed by atoms with Gasteiger partial charge in [-0.25, -0.2) is 9.59 Å². The lowest BCUT2D eigenvalue weighted by molar-refractivity contribution is -0.139. The zero-order chi connectivity index (χ0) is 11.8. The molecule has 0 saturated heterocycles. The van der Waals surface area contributed by atoms with Crippen LogP contribution in [0, 0.1) is 18.3 Å². The Hall–Kier alpha value is -1.70. The van der Waals surface area contributed by atoms with E-state index in [0.29, 0.717) is 6.42 Å². The number of amides is 1. The fourth-order valence-corrected chi connectivity index (χ4v) is 0.984. The number of alkyl carbamates (subject to hydrolysis) is 1. The largest absolute Gasteiger partial charge is 0.480 e. The van der Waals surface area contributed by atoms with E-state index in [1.807, 2.05) is 13.8 Å². The van der Waals surface area contributed by atoms with Crippen molar-refractivity contribution in [3.8, 4) is 12.3 Å². The van der Waals surface area contributed by atoms with Crippen LogP contribution in [-0.2, 0) is 9.53 Å². The topological polar surface area (TPSA) is 75.6 Å². The van der Waals surface area contributed by atoms with Crippen LogP contribution < -0.4 is 5.32 Å². The molecule has 0 aliphatic rings. The molecule has 0 bridgehead atoms.